The molecule has 11 nitrogen and oxygen atoms in total. The Morgan fingerprint density at radius 1 is 0.958 bits per heavy atom. The summed E-state index contributed by atoms with van der Waals surface area (Å²) in [5, 5.41) is 6.90. The average Bonchev–Trinajstić information content (AvgIpc) is 3.42. The zero-order valence-corrected chi connectivity index (χ0v) is 26.6. The third-order valence-electron chi connectivity index (χ3n) is 7.52. The van der Waals surface area contributed by atoms with Crippen molar-refractivity contribution < 1.29 is 28.2 Å². The maximum Gasteiger partial charge on any atom is 0.255 e. The molecule has 0 saturated heterocycles. The number of hydrogen-bond acceptors (Lipinski definition) is 9. The number of rotatable bonds is 11. The van der Waals surface area contributed by atoms with Gasteiger partial charge in [-0.15, -0.1) is 0 Å². The van der Waals surface area contributed by atoms with Crippen LogP contribution < -0.4 is 30.6 Å². The lowest BCUT2D eigenvalue weighted by Crippen LogP contribution is -2.22. The molecule has 242 valence electrons. The number of nitrogen functional groups attached to an aromatic ring is 1. The minimum Gasteiger partial charge on any atom is -0.493 e. The summed E-state index contributed by atoms with van der Waals surface area (Å²) in [4.78, 5) is 33.6. The van der Waals surface area contributed by atoms with Crippen LogP contribution in [0.2, 0.25) is 0 Å². The summed E-state index contributed by atoms with van der Waals surface area (Å²) in [6.07, 6.45) is 4.59. The number of carbonyl (C=O) groups is 2. The molecule has 0 aliphatic carbocycles. The third kappa shape index (κ3) is 6.90. The van der Waals surface area contributed by atoms with E-state index in [1.165, 1.54) is 12.4 Å². The normalized spacial score (nSPS) is 11.1. The van der Waals surface area contributed by atoms with Crippen LogP contribution in [0.5, 0.6) is 23.1 Å². The number of carbonyl (C=O) groups excluding carboxylic acids is 2. The van der Waals surface area contributed by atoms with E-state index in [4.69, 9.17) is 24.4 Å². The fraction of sp³-hybridized carbons (Fsp3) is 0.135. The van der Waals surface area contributed by atoms with Crippen molar-refractivity contribution in [2.45, 2.75) is 20.5 Å². The van der Waals surface area contributed by atoms with Gasteiger partial charge in [-0.25, -0.2) is 9.97 Å². The van der Waals surface area contributed by atoms with Gasteiger partial charge in [-0.2, -0.15) is 0 Å². The minimum absolute atomic E-state index is 0.187. The highest BCUT2D eigenvalue weighted by molar-refractivity contribution is 6.07. The molecule has 0 radical (unpaired) electrons. The first-order chi connectivity index (χ1) is 23.3. The molecule has 0 aliphatic heterocycles. The smallest absolute Gasteiger partial charge is 0.255 e. The highest BCUT2D eigenvalue weighted by atomic mass is 16.5. The molecule has 2 aromatic heterocycles. The molecule has 4 aromatic carbocycles. The second-order valence-electron chi connectivity index (χ2n) is 10.8. The van der Waals surface area contributed by atoms with Gasteiger partial charge in [0.1, 0.15) is 30.0 Å². The first kappa shape index (κ1) is 31.6. The van der Waals surface area contributed by atoms with E-state index >= 15 is 0 Å². The number of fused-ring (bicyclic) bond motifs is 2. The van der Waals surface area contributed by atoms with Gasteiger partial charge in [0.05, 0.1) is 35.0 Å². The molecule has 0 bridgehead atoms. The van der Waals surface area contributed by atoms with Crippen molar-refractivity contribution >= 4 is 51.1 Å². The standard InChI is InChI=1S/C37H33N5O6/c1-4-39-36(44)35-22(2)47-31-17-25(14-15-26(31)35)48-37-27-18-33(32(45-3)19-30(27)40-21-41-37)46-20-24-11-9-23(10-12-24)13-16-34(43)42-29-8-6-5-7-28(29)38/h5-19,21H,4,20,38H2,1-3H3,(H,39,44)(H,42,43)/b16-13+. The molecule has 6 aromatic rings. The van der Waals surface area contributed by atoms with Gasteiger partial charge in [0.25, 0.3) is 5.91 Å². The van der Waals surface area contributed by atoms with Gasteiger partial charge in [0.15, 0.2) is 11.5 Å². The summed E-state index contributed by atoms with van der Waals surface area (Å²) < 4.78 is 23.8. The minimum atomic E-state index is -0.279. The van der Waals surface area contributed by atoms with Crippen LogP contribution in [-0.4, -0.2) is 35.4 Å². The van der Waals surface area contributed by atoms with Crippen molar-refractivity contribution in [3.05, 3.63) is 114 Å². The van der Waals surface area contributed by atoms with Gasteiger partial charge < -0.3 is 35.0 Å². The summed E-state index contributed by atoms with van der Waals surface area (Å²) in [5.41, 5.74) is 10.3. The molecule has 2 heterocycles. The predicted octanol–water partition coefficient (Wildman–Crippen LogP) is 7.05. The van der Waals surface area contributed by atoms with Crippen molar-refractivity contribution in [3.8, 4) is 23.1 Å². The number of amides is 2. The quantitative estimate of drug-likeness (QED) is 0.0997. The fourth-order valence-electron chi connectivity index (χ4n) is 5.14. The van der Waals surface area contributed by atoms with Crippen molar-refractivity contribution in [2.75, 3.05) is 24.7 Å². The van der Waals surface area contributed by atoms with Gasteiger partial charge in [-0.1, -0.05) is 36.4 Å². The average molecular weight is 644 g/mol. The van der Waals surface area contributed by atoms with Crippen LogP contribution in [0.25, 0.3) is 27.9 Å². The SMILES string of the molecule is CCNC(=O)c1c(C)oc2cc(Oc3ncnc4cc(OC)c(OCc5ccc(/C=C/C(=O)Nc6ccccc6N)cc5)cc34)ccc12. The Morgan fingerprint density at radius 2 is 1.77 bits per heavy atom. The van der Waals surface area contributed by atoms with E-state index in [1.54, 1.807) is 74.7 Å². The number of furan rings is 1. The van der Waals surface area contributed by atoms with Crippen LogP contribution in [0.1, 0.15) is 34.2 Å². The number of nitrogens with two attached hydrogens (primary N) is 1. The number of ether oxygens (including phenoxy) is 3. The molecule has 0 aliphatic rings. The van der Waals surface area contributed by atoms with E-state index in [-0.39, 0.29) is 18.4 Å². The van der Waals surface area contributed by atoms with Gasteiger partial charge >= 0.3 is 0 Å². The summed E-state index contributed by atoms with van der Waals surface area (Å²) in [5.74, 6) is 1.84. The molecule has 0 saturated carbocycles. The molecular weight excluding hydrogens is 610 g/mol. The maximum absolute atomic E-state index is 12.6. The highest BCUT2D eigenvalue weighted by Crippen LogP contribution is 2.37. The van der Waals surface area contributed by atoms with Crippen molar-refractivity contribution in [3.63, 3.8) is 0 Å². The summed E-state index contributed by atoms with van der Waals surface area (Å²) >= 11 is 0. The second-order valence-corrected chi connectivity index (χ2v) is 10.8. The number of methoxy groups -OCH3 is 1. The first-order valence-electron chi connectivity index (χ1n) is 15.2. The number of nitrogens with zero attached hydrogens (tertiary/aromatic N) is 2. The summed E-state index contributed by atoms with van der Waals surface area (Å²) in [7, 11) is 1.56. The Balaban J connectivity index is 1.16. The largest absolute Gasteiger partial charge is 0.493 e. The number of nitrogens with one attached hydrogen (secondary N) is 2. The zero-order valence-electron chi connectivity index (χ0n) is 26.6. The van der Waals surface area contributed by atoms with Gasteiger partial charge in [-0.3, -0.25) is 9.59 Å². The molecule has 0 spiro atoms. The van der Waals surface area contributed by atoms with Crippen LogP contribution in [0.4, 0.5) is 11.4 Å². The maximum atomic E-state index is 12.6. The van der Waals surface area contributed by atoms with Crippen molar-refractivity contribution in [2.24, 2.45) is 0 Å². The number of hydrogen-bond donors (Lipinski definition) is 3. The van der Waals surface area contributed by atoms with Crippen LogP contribution in [-0.2, 0) is 11.4 Å². The Kier molecular flexibility index (Phi) is 9.19. The van der Waals surface area contributed by atoms with Gasteiger partial charge in [0, 0.05) is 30.1 Å². The van der Waals surface area contributed by atoms with Crippen LogP contribution >= 0.6 is 0 Å². The van der Waals surface area contributed by atoms with E-state index in [2.05, 4.69) is 20.6 Å². The first-order valence-corrected chi connectivity index (χ1v) is 15.2. The topological polar surface area (TPSA) is 151 Å². The molecule has 0 fully saturated rings. The second kappa shape index (κ2) is 14.0. The van der Waals surface area contributed by atoms with E-state index in [0.29, 0.717) is 74.2 Å². The number of para-hydroxylation sites is 2. The number of benzene rings is 4. The zero-order chi connectivity index (χ0) is 33.6. The third-order valence-corrected chi connectivity index (χ3v) is 7.52. The number of aromatic nitrogens is 2. The highest BCUT2D eigenvalue weighted by Gasteiger charge is 2.19. The molecule has 0 atom stereocenters. The summed E-state index contributed by atoms with van der Waals surface area (Å²) in [6, 6.07) is 23.5. The van der Waals surface area contributed by atoms with E-state index in [0.717, 1.165) is 11.1 Å². The van der Waals surface area contributed by atoms with Crippen molar-refractivity contribution in [1.82, 2.24) is 15.3 Å². The van der Waals surface area contributed by atoms with Gasteiger partial charge in [0.2, 0.25) is 11.8 Å². The van der Waals surface area contributed by atoms with E-state index in [1.807, 2.05) is 31.2 Å². The van der Waals surface area contributed by atoms with E-state index < -0.39 is 0 Å². The molecule has 0 unspecified atom stereocenters. The van der Waals surface area contributed by atoms with Gasteiger partial charge in [-0.05, 0) is 61.4 Å². The van der Waals surface area contributed by atoms with E-state index in [9.17, 15) is 9.59 Å². The van der Waals surface area contributed by atoms with Crippen molar-refractivity contribution in [1.29, 1.82) is 0 Å². The fourth-order valence-corrected chi connectivity index (χ4v) is 5.14. The Bertz CT molecular complexity index is 2160. The molecule has 2 amide bonds. The summed E-state index contributed by atoms with van der Waals surface area (Å²) in [6.45, 7) is 4.40. The molecule has 4 N–H and O–H groups in total. The molecule has 48 heavy (non-hydrogen) atoms. The van der Waals surface area contributed by atoms with Crippen LogP contribution in [0, 0.1) is 6.92 Å². The Hall–Kier alpha value is -6.36. The van der Waals surface area contributed by atoms with Crippen LogP contribution in [0.3, 0.4) is 0 Å². The monoisotopic (exact) mass is 643 g/mol. The Morgan fingerprint density at radius 3 is 2.54 bits per heavy atom. The predicted molar refractivity (Wildman–Crippen MR) is 184 cm³/mol. The lowest BCUT2D eigenvalue weighted by atomic mass is 10.1. The molecule has 6 rings (SSSR count). The number of aryl methyl sites for hydroxylation is 1. The Labute approximate surface area is 276 Å². The lowest BCUT2D eigenvalue weighted by molar-refractivity contribution is -0.111. The molecular formula is C37H33N5O6. The molecule has 11 heteroatoms. The number of anilines is 2. The lowest BCUT2D eigenvalue weighted by Gasteiger charge is -2.13. The van der Waals surface area contributed by atoms with Crippen LogP contribution in [0.15, 0.2) is 95.7 Å².